The van der Waals surface area contributed by atoms with E-state index in [2.05, 4.69) is 46.7 Å². The smallest absolute Gasteiger partial charge is 0.407 e. The Morgan fingerprint density at radius 3 is 2.36 bits per heavy atom. The number of rotatable bonds is 4. The number of benzene rings is 3. The van der Waals surface area contributed by atoms with Crippen molar-refractivity contribution in [2.24, 2.45) is 0 Å². The first-order chi connectivity index (χ1) is 16.1. The van der Waals surface area contributed by atoms with E-state index in [4.69, 9.17) is 4.74 Å². The van der Waals surface area contributed by atoms with Crippen LogP contribution in [-0.2, 0) is 9.53 Å². The SMILES string of the molecule is O=C(NCCC#Cc1ccc2c(c1)NC(=O)C2=O)OCC1c2ccccc2-c2ccccc21. The molecule has 0 saturated heterocycles. The molecule has 33 heavy (non-hydrogen) atoms. The van der Waals surface area contributed by atoms with Crippen molar-refractivity contribution >= 4 is 23.5 Å². The highest BCUT2D eigenvalue weighted by molar-refractivity contribution is 6.51. The van der Waals surface area contributed by atoms with Crippen LogP contribution in [0.25, 0.3) is 11.1 Å². The van der Waals surface area contributed by atoms with Gasteiger partial charge < -0.3 is 15.4 Å². The summed E-state index contributed by atoms with van der Waals surface area (Å²) >= 11 is 0. The number of ether oxygens (including phenoxy) is 1. The molecule has 1 aliphatic heterocycles. The summed E-state index contributed by atoms with van der Waals surface area (Å²) in [4.78, 5) is 35.2. The molecule has 2 amide bonds. The average molecular weight is 436 g/mol. The molecular formula is C27H20N2O4. The predicted molar refractivity (Wildman–Crippen MR) is 124 cm³/mol. The third-order valence-electron chi connectivity index (χ3n) is 5.81. The Labute approximate surface area is 191 Å². The van der Waals surface area contributed by atoms with Gasteiger partial charge in [0, 0.05) is 24.4 Å². The summed E-state index contributed by atoms with van der Waals surface area (Å²) in [7, 11) is 0. The van der Waals surface area contributed by atoms with Crippen LogP contribution in [0.15, 0.2) is 66.7 Å². The van der Waals surface area contributed by atoms with Crippen molar-refractivity contribution in [3.63, 3.8) is 0 Å². The lowest BCUT2D eigenvalue weighted by Crippen LogP contribution is -2.26. The van der Waals surface area contributed by atoms with Crippen molar-refractivity contribution in [3.8, 4) is 23.0 Å². The Morgan fingerprint density at radius 1 is 0.939 bits per heavy atom. The van der Waals surface area contributed by atoms with Gasteiger partial charge >= 0.3 is 6.09 Å². The second-order valence-corrected chi connectivity index (χ2v) is 7.85. The van der Waals surface area contributed by atoms with Crippen LogP contribution in [0.4, 0.5) is 10.5 Å². The summed E-state index contributed by atoms with van der Waals surface area (Å²) in [5.74, 6) is 4.82. The fourth-order valence-electron chi connectivity index (χ4n) is 4.27. The monoisotopic (exact) mass is 436 g/mol. The van der Waals surface area contributed by atoms with Gasteiger partial charge in [0.05, 0.1) is 11.3 Å². The molecule has 0 aromatic heterocycles. The standard InChI is InChI=1S/C27H20N2O4/c30-25-22-13-12-17(15-24(22)29-26(25)31)7-5-6-14-28-27(32)33-16-23-20-10-3-1-8-18(20)19-9-2-4-11-21(19)23/h1-4,8-13,15,23H,6,14,16H2,(H,28,32)(H,29,30,31). The molecule has 162 valence electrons. The minimum absolute atomic E-state index is 0.0233. The lowest BCUT2D eigenvalue weighted by molar-refractivity contribution is -0.112. The lowest BCUT2D eigenvalue weighted by atomic mass is 9.98. The van der Waals surface area contributed by atoms with Gasteiger partial charge in [0.2, 0.25) is 0 Å². The van der Waals surface area contributed by atoms with Gasteiger partial charge in [-0.1, -0.05) is 60.4 Å². The van der Waals surface area contributed by atoms with Crippen LogP contribution in [0.2, 0.25) is 0 Å². The van der Waals surface area contributed by atoms with Crippen LogP contribution in [0.3, 0.4) is 0 Å². The number of ketones is 1. The van der Waals surface area contributed by atoms with Gasteiger partial charge in [-0.05, 0) is 40.5 Å². The predicted octanol–water partition coefficient (Wildman–Crippen LogP) is 4.10. The molecule has 6 heteroatoms. The van der Waals surface area contributed by atoms with Crippen molar-refractivity contribution in [2.75, 3.05) is 18.5 Å². The molecule has 6 nitrogen and oxygen atoms in total. The Morgan fingerprint density at radius 2 is 1.64 bits per heavy atom. The molecule has 0 bridgehead atoms. The molecule has 0 atom stereocenters. The number of hydrogen-bond donors (Lipinski definition) is 2. The van der Waals surface area contributed by atoms with Gasteiger partial charge in [-0.2, -0.15) is 0 Å². The van der Waals surface area contributed by atoms with Crippen molar-refractivity contribution in [1.82, 2.24) is 5.32 Å². The van der Waals surface area contributed by atoms with Crippen molar-refractivity contribution in [3.05, 3.63) is 89.0 Å². The van der Waals surface area contributed by atoms with Gasteiger partial charge in [0.1, 0.15) is 6.61 Å². The number of fused-ring (bicyclic) bond motifs is 4. The first-order valence-electron chi connectivity index (χ1n) is 10.7. The summed E-state index contributed by atoms with van der Waals surface area (Å²) in [5.41, 5.74) is 6.25. The van der Waals surface area contributed by atoms with Gasteiger partial charge in [0.25, 0.3) is 11.7 Å². The summed E-state index contributed by atoms with van der Waals surface area (Å²) in [6.45, 7) is 0.620. The highest BCUT2D eigenvalue weighted by Gasteiger charge is 2.29. The number of hydrogen-bond acceptors (Lipinski definition) is 4. The van der Waals surface area contributed by atoms with Crippen molar-refractivity contribution < 1.29 is 19.1 Å². The summed E-state index contributed by atoms with van der Waals surface area (Å²) < 4.78 is 5.50. The zero-order valence-electron chi connectivity index (χ0n) is 17.7. The number of anilines is 1. The third-order valence-corrected chi connectivity index (χ3v) is 5.81. The first kappa shape index (κ1) is 20.5. The first-order valence-corrected chi connectivity index (χ1v) is 10.7. The molecule has 0 spiro atoms. The molecule has 5 rings (SSSR count). The zero-order valence-corrected chi connectivity index (χ0v) is 17.7. The fraction of sp³-hybridized carbons (Fsp3) is 0.148. The average Bonchev–Trinajstić information content (AvgIpc) is 3.31. The molecule has 1 aliphatic carbocycles. The lowest BCUT2D eigenvalue weighted by Gasteiger charge is -2.14. The molecular weight excluding hydrogens is 416 g/mol. The van der Waals surface area contributed by atoms with Gasteiger partial charge in [-0.25, -0.2) is 4.79 Å². The number of alkyl carbamates (subject to hydrolysis) is 1. The second kappa shape index (κ2) is 8.64. The summed E-state index contributed by atoms with van der Waals surface area (Å²) in [5, 5.41) is 5.25. The third kappa shape index (κ3) is 3.97. The Kier molecular flexibility index (Phi) is 5.37. The number of Topliss-reactive ketones (excluding diaryl/α,β-unsaturated/α-hetero) is 1. The molecule has 0 saturated carbocycles. The highest BCUT2D eigenvalue weighted by Crippen LogP contribution is 2.44. The zero-order chi connectivity index (χ0) is 22.8. The highest BCUT2D eigenvalue weighted by atomic mass is 16.5. The van der Waals surface area contributed by atoms with E-state index in [0.29, 0.717) is 29.8 Å². The van der Waals surface area contributed by atoms with Crippen LogP contribution in [0.1, 0.15) is 39.4 Å². The van der Waals surface area contributed by atoms with E-state index in [1.54, 1.807) is 18.2 Å². The maximum atomic E-state index is 12.2. The molecule has 2 N–H and O–H groups in total. The molecule has 0 fully saturated rings. The van der Waals surface area contributed by atoms with Crippen molar-refractivity contribution in [2.45, 2.75) is 12.3 Å². The topological polar surface area (TPSA) is 84.5 Å². The van der Waals surface area contributed by atoms with E-state index in [9.17, 15) is 14.4 Å². The maximum absolute atomic E-state index is 12.2. The van der Waals surface area contributed by atoms with Crippen LogP contribution in [0.5, 0.6) is 0 Å². The molecule has 1 heterocycles. The van der Waals surface area contributed by atoms with Gasteiger partial charge in [0.15, 0.2) is 0 Å². The molecule has 0 unspecified atom stereocenters. The number of nitrogens with one attached hydrogen (secondary N) is 2. The Balaban J connectivity index is 1.12. The molecule has 3 aromatic rings. The Hall–Kier alpha value is -4.37. The number of carbonyl (C=O) groups is 3. The summed E-state index contributed by atoms with van der Waals surface area (Å²) in [6.07, 6.45) is -0.0375. The van der Waals surface area contributed by atoms with Gasteiger partial charge in [-0.3, -0.25) is 9.59 Å². The van der Waals surface area contributed by atoms with Gasteiger partial charge in [-0.15, -0.1) is 0 Å². The normalized spacial score (nSPS) is 13.3. The minimum atomic E-state index is -0.623. The van der Waals surface area contributed by atoms with Crippen LogP contribution < -0.4 is 10.6 Å². The Bertz CT molecular complexity index is 1300. The quantitative estimate of drug-likeness (QED) is 0.366. The van der Waals surface area contributed by atoms with Crippen LogP contribution >= 0.6 is 0 Å². The second-order valence-electron chi connectivity index (χ2n) is 7.85. The van der Waals surface area contributed by atoms with E-state index in [0.717, 1.165) is 0 Å². The fourth-order valence-corrected chi connectivity index (χ4v) is 4.27. The van der Waals surface area contributed by atoms with E-state index in [1.807, 2.05) is 24.3 Å². The maximum Gasteiger partial charge on any atom is 0.407 e. The summed E-state index contributed by atoms with van der Waals surface area (Å²) in [6, 6.07) is 21.4. The number of carbonyl (C=O) groups excluding carboxylic acids is 3. The van der Waals surface area contributed by atoms with E-state index >= 15 is 0 Å². The van der Waals surface area contributed by atoms with Crippen LogP contribution in [-0.4, -0.2) is 30.9 Å². The van der Waals surface area contributed by atoms with E-state index in [1.165, 1.54) is 22.3 Å². The van der Waals surface area contributed by atoms with E-state index < -0.39 is 17.8 Å². The van der Waals surface area contributed by atoms with E-state index in [-0.39, 0.29) is 12.5 Å². The largest absolute Gasteiger partial charge is 0.449 e. The molecule has 3 aromatic carbocycles. The number of amides is 2. The van der Waals surface area contributed by atoms with Crippen molar-refractivity contribution in [1.29, 1.82) is 0 Å². The van der Waals surface area contributed by atoms with Crippen LogP contribution in [0, 0.1) is 11.8 Å². The minimum Gasteiger partial charge on any atom is -0.449 e. The molecule has 2 aliphatic rings. The molecule has 0 radical (unpaired) electrons.